The standard InChI is InChI=1S/C15H16ClN3OS/c1-18(10-11-4-3-5-12(8-11)20-2)14-13(9-16)19-6-7-21-15(19)17-14/h3-8H,9-10H2,1-2H3. The Labute approximate surface area is 132 Å². The van der Waals surface area contributed by atoms with E-state index in [4.69, 9.17) is 16.3 Å². The van der Waals surface area contributed by atoms with Crippen LogP contribution in [0, 0.1) is 0 Å². The number of nitrogens with zero attached hydrogens (tertiary/aromatic N) is 3. The van der Waals surface area contributed by atoms with Gasteiger partial charge < -0.3 is 9.64 Å². The number of benzene rings is 1. The van der Waals surface area contributed by atoms with Crippen molar-refractivity contribution in [3.63, 3.8) is 0 Å². The van der Waals surface area contributed by atoms with Gasteiger partial charge in [0.15, 0.2) is 10.8 Å². The van der Waals surface area contributed by atoms with Crippen molar-refractivity contribution in [2.24, 2.45) is 0 Å². The van der Waals surface area contributed by atoms with Crippen molar-refractivity contribution in [1.82, 2.24) is 9.38 Å². The first-order valence-electron chi connectivity index (χ1n) is 6.57. The molecule has 0 bridgehead atoms. The fourth-order valence-corrected chi connectivity index (χ4v) is 3.35. The molecule has 0 unspecified atom stereocenters. The highest BCUT2D eigenvalue weighted by atomic mass is 35.5. The molecule has 0 amide bonds. The third-order valence-electron chi connectivity index (χ3n) is 3.38. The number of thiazole rings is 1. The Morgan fingerprint density at radius 2 is 2.29 bits per heavy atom. The second-order valence-corrected chi connectivity index (χ2v) is 5.92. The molecule has 2 heterocycles. The van der Waals surface area contributed by atoms with Gasteiger partial charge in [-0.2, -0.15) is 0 Å². The quantitative estimate of drug-likeness (QED) is 0.670. The van der Waals surface area contributed by atoms with Gasteiger partial charge in [0.05, 0.1) is 18.7 Å². The van der Waals surface area contributed by atoms with Gasteiger partial charge in [0.2, 0.25) is 0 Å². The Balaban J connectivity index is 1.89. The maximum absolute atomic E-state index is 6.10. The van der Waals surface area contributed by atoms with E-state index in [9.17, 15) is 0 Å². The Morgan fingerprint density at radius 1 is 1.43 bits per heavy atom. The zero-order valence-corrected chi connectivity index (χ0v) is 13.5. The molecule has 0 saturated heterocycles. The minimum atomic E-state index is 0.440. The Kier molecular flexibility index (Phi) is 4.03. The van der Waals surface area contributed by atoms with Gasteiger partial charge in [0, 0.05) is 25.2 Å². The van der Waals surface area contributed by atoms with Crippen LogP contribution in [0.5, 0.6) is 5.75 Å². The van der Waals surface area contributed by atoms with E-state index in [0.717, 1.165) is 28.8 Å². The third kappa shape index (κ3) is 2.71. The molecule has 0 aliphatic carbocycles. The van der Waals surface area contributed by atoms with Crippen molar-refractivity contribution in [2.45, 2.75) is 12.4 Å². The summed E-state index contributed by atoms with van der Waals surface area (Å²) in [6.45, 7) is 0.756. The highest BCUT2D eigenvalue weighted by Crippen LogP contribution is 2.26. The Bertz CT molecular complexity index is 752. The average molecular weight is 322 g/mol. The fraction of sp³-hybridized carbons (Fsp3) is 0.267. The van der Waals surface area contributed by atoms with E-state index in [1.807, 2.05) is 36.8 Å². The van der Waals surface area contributed by atoms with Crippen LogP contribution in [0.4, 0.5) is 5.82 Å². The van der Waals surface area contributed by atoms with Crippen LogP contribution in [0.1, 0.15) is 11.3 Å². The van der Waals surface area contributed by atoms with Crippen molar-refractivity contribution in [3.05, 3.63) is 47.1 Å². The first kappa shape index (κ1) is 14.2. The van der Waals surface area contributed by atoms with Gasteiger partial charge in [-0.1, -0.05) is 12.1 Å². The number of fused-ring (bicyclic) bond motifs is 1. The number of ether oxygens (including phenoxy) is 1. The highest BCUT2D eigenvalue weighted by Gasteiger charge is 2.16. The van der Waals surface area contributed by atoms with Gasteiger partial charge >= 0.3 is 0 Å². The molecule has 1 aromatic carbocycles. The smallest absolute Gasteiger partial charge is 0.195 e. The summed E-state index contributed by atoms with van der Waals surface area (Å²) < 4.78 is 7.32. The van der Waals surface area contributed by atoms with Crippen LogP contribution in [0.25, 0.3) is 4.96 Å². The van der Waals surface area contributed by atoms with Gasteiger partial charge in [-0.15, -0.1) is 22.9 Å². The van der Waals surface area contributed by atoms with Crippen molar-refractivity contribution in [1.29, 1.82) is 0 Å². The maximum atomic E-state index is 6.10. The molecule has 21 heavy (non-hydrogen) atoms. The lowest BCUT2D eigenvalue weighted by atomic mass is 10.2. The summed E-state index contributed by atoms with van der Waals surface area (Å²) in [5, 5.41) is 2.02. The zero-order valence-electron chi connectivity index (χ0n) is 11.9. The summed E-state index contributed by atoms with van der Waals surface area (Å²) in [7, 11) is 3.71. The number of rotatable bonds is 5. The van der Waals surface area contributed by atoms with Gasteiger partial charge in [0.25, 0.3) is 0 Å². The topological polar surface area (TPSA) is 29.8 Å². The molecule has 0 aliphatic rings. The number of hydrogen-bond acceptors (Lipinski definition) is 4. The second kappa shape index (κ2) is 5.95. The third-order valence-corrected chi connectivity index (χ3v) is 4.39. The number of alkyl halides is 1. The molecule has 0 atom stereocenters. The predicted molar refractivity (Wildman–Crippen MR) is 87.7 cm³/mol. The molecule has 3 aromatic rings. The van der Waals surface area contributed by atoms with Gasteiger partial charge in [0.1, 0.15) is 5.75 Å². The first-order chi connectivity index (χ1) is 10.2. The van der Waals surface area contributed by atoms with Crippen LogP contribution in [0.3, 0.4) is 0 Å². The van der Waals surface area contributed by atoms with Gasteiger partial charge in [-0.05, 0) is 17.7 Å². The lowest BCUT2D eigenvalue weighted by Gasteiger charge is -2.18. The molecule has 0 saturated carbocycles. The van der Waals surface area contributed by atoms with Crippen LogP contribution >= 0.6 is 22.9 Å². The molecule has 6 heteroatoms. The first-order valence-corrected chi connectivity index (χ1v) is 7.99. The number of imidazole rings is 1. The van der Waals surface area contributed by atoms with Crippen LogP contribution in [-0.4, -0.2) is 23.5 Å². The fourth-order valence-electron chi connectivity index (χ4n) is 2.37. The van der Waals surface area contributed by atoms with E-state index in [1.165, 1.54) is 5.56 Å². The number of methoxy groups -OCH3 is 1. The number of hydrogen-bond donors (Lipinski definition) is 0. The van der Waals surface area contributed by atoms with Crippen LogP contribution in [0.2, 0.25) is 0 Å². The predicted octanol–water partition coefficient (Wildman–Crippen LogP) is 3.78. The molecular formula is C15H16ClN3OS. The SMILES string of the molecule is COc1cccc(CN(C)c2nc3sccn3c2CCl)c1. The molecule has 0 fully saturated rings. The summed E-state index contributed by atoms with van der Waals surface area (Å²) in [6, 6.07) is 8.06. The second-order valence-electron chi connectivity index (χ2n) is 4.78. The number of aromatic nitrogens is 2. The lowest BCUT2D eigenvalue weighted by Crippen LogP contribution is -2.18. The average Bonchev–Trinajstić information content (AvgIpc) is 3.07. The van der Waals surface area contributed by atoms with Crippen LogP contribution in [0.15, 0.2) is 35.8 Å². The molecule has 0 N–H and O–H groups in total. The molecule has 0 aliphatic heterocycles. The van der Waals surface area contributed by atoms with Crippen molar-refractivity contribution in [2.75, 3.05) is 19.1 Å². The number of halogens is 1. The lowest BCUT2D eigenvalue weighted by molar-refractivity contribution is 0.414. The van der Waals surface area contributed by atoms with E-state index in [1.54, 1.807) is 18.4 Å². The van der Waals surface area contributed by atoms with E-state index in [2.05, 4.69) is 20.4 Å². The van der Waals surface area contributed by atoms with E-state index >= 15 is 0 Å². The molecule has 4 nitrogen and oxygen atoms in total. The monoisotopic (exact) mass is 321 g/mol. The van der Waals surface area contributed by atoms with Gasteiger partial charge in [-0.3, -0.25) is 4.40 Å². The largest absolute Gasteiger partial charge is 0.497 e. The van der Waals surface area contributed by atoms with E-state index in [-0.39, 0.29) is 0 Å². The summed E-state index contributed by atoms with van der Waals surface area (Å²) >= 11 is 7.72. The van der Waals surface area contributed by atoms with Crippen LogP contribution < -0.4 is 9.64 Å². The molecule has 0 spiro atoms. The summed E-state index contributed by atoms with van der Waals surface area (Å²) in [5.41, 5.74) is 2.20. The molecular weight excluding hydrogens is 306 g/mol. The highest BCUT2D eigenvalue weighted by molar-refractivity contribution is 7.15. The van der Waals surface area contributed by atoms with Crippen LogP contribution in [-0.2, 0) is 12.4 Å². The Morgan fingerprint density at radius 3 is 3.05 bits per heavy atom. The zero-order chi connectivity index (χ0) is 14.8. The van der Waals surface area contributed by atoms with Crippen molar-refractivity contribution >= 4 is 33.7 Å². The summed E-state index contributed by atoms with van der Waals surface area (Å²) in [5.74, 6) is 2.24. The van der Waals surface area contributed by atoms with E-state index < -0.39 is 0 Å². The normalized spacial score (nSPS) is 11.0. The van der Waals surface area contributed by atoms with Crippen molar-refractivity contribution < 1.29 is 4.74 Å². The minimum Gasteiger partial charge on any atom is -0.497 e. The summed E-state index contributed by atoms with van der Waals surface area (Å²) in [4.78, 5) is 7.76. The molecule has 110 valence electrons. The Hall–Kier alpha value is -1.72. The molecule has 0 radical (unpaired) electrons. The maximum Gasteiger partial charge on any atom is 0.195 e. The molecule has 2 aromatic heterocycles. The van der Waals surface area contributed by atoms with Gasteiger partial charge in [-0.25, -0.2) is 4.98 Å². The number of anilines is 1. The van der Waals surface area contributed by atoms with Crippen molar-refractivity contribution in [3.8, 4) is 5.75 Å². The van der Waals surface area contributed by atoms with E-state index in [0.29, 0.717) is 5.88 Å². The minimum absolute atomic E-state index is 0.440. The summed E-state index contributed by atoms with van der Waals surface area (Å²) in [6.07, 6.45) is 2.01. The molecule has 3 rings (SSSR count).